The van der Waals surface area contributed by atoms with Crippen LogP contribution in [0.5, 0.6) is 5.75 Å². The molecule has 1 aromatic carbocycles. The molecule has 0 saturated carbocycles. The summed E-state index contributed by atoms with van der Waals surface area (Å²) in [4.78, 5) is 26.7. The van der Waals surface area contributed by atoms with Crippen molar-refractivity contribution >= 4 is 46.4 Å². The van der Waals surface area contributed by atoms with Crippen LogP contribution in [0.3, 0.4) is 0 Å². The molecule has 1 heterocycles. The lowest BCUT2D eigenvalue weighted by atomic mass is 10.3. The molecule has 8 heteroatoms. The van der Waals surface area contributed by atoms with Crippen molar-refractivity contribution in [2.45, 2.75) is 13.5 Å². The van der Waals surface area contributed by atoms with E-state index in [1.54, 1.807) is 36.5 Å². The van der Waals surface area contributed by atoms with Crippen LogP contribution in [0, 0.1) is 0 Å². The first-order valence-corrected chi connectivity index (χ1v) is 9.27. The standard InChI is InChI=1S/C17H18Cl2N2O3S/c1-2-21(10-16(22)20-9-15-4-3-5-25-15)17(23)11-24-14-7-12(18)6-13(19)8-14/h3-8H,2,9-11H2,1H3,(H,20,22). The summed E-state index contributed by atoms with van der Waals surface area (Å²) in [6.45, 7) is 2.47. The topological polar surface area (TPSA) is 58.6 Å². The Morgan fingerprint density at radius 3 is 2.56 bits per heavy atom. The molecule has 2 aromatic rings. The van der Waals surface area contributed by atoms with Crippen LogP contribution in [0.1, 0.15) is 11.8 Å². The number of benzene rings is 1. The highest BCUT2D eigenvalue weighted by Crippen LogP contribution is 2.24. The van der Waals surface area contributed by atoms with Crippen molar-refractivity contribution < 1.29 is 14.3 Å². The number of carbonyl (C=O) groups is 2. The fourth-order valence-corrected chi connectivity index (χ4v) is 3.20. The minimum Gasteiger partial charge on any atom is -0.484 e. The van der Waals surface area contributed by atoms with E-state index in [9.17, 15) is 9.59 Å². The average Bonchev–Trinajstić information content (AvgIpc) is 3.08. The van der Waals surface area contributed by atoms with Crippen molar-refractivity contribution in [3.05, 3.63) is 50.6 Å². The number of hydrogen-bond donors (Lipinski definition) is 1. The molecule has 2 amide bonds. The first kappa shape index (κ1) is 19.6. The Kier molecular flexibility index (Phi) is 7.55. The minimum atomic E-state index is -0.287. The third-order valence-corrected chi connectivity index (χ3v) is 4.62. The van der Waals surface area contributed by atoms with E-state index >= 15 is 0 Å². The monoisotopic (exact) mass is 400 g/mol. The summed E-state index contributed by atoms with van der Waals surface area (Å²) in [5, 5.41) is 5.59. The van der Waals surface area contributed by atoms with Crippen molar-refractivity contribution in [3.63, 3.8) is 0 Å². The van der Waals surface area contributed by atoms with Crippen molar-refractivity contribution in [3.8, 4) is 5.75 Å². The average molecular weight is 401 g/mol. The first-order chi connectivity index (χ1) is 12.0. The predicted octanol–water partition coefficient (Wildman–Crippen LogP) is 3.60. The van der Waals surface area contributed by atoms with E-state index in [4.69, 9.17) is 27.9 Å². The Hall–Kier alpha value is -1.76. The van der Waals surface area contributed by atoms with Gasteiger partial charge in [-0.2, -0.15) is 0 Å². The number of thiophene rings is 1. The van der Waals surface area contributed by atoms with Crippen LogP contribution in [-0.4, -0.2) is 36.4 Å². The van der Waals surface area contributed by atoms with Gasteiger partial charge in [-0.25, -0.2) is 0 Å². The van der Waals surface area contributed by atoms with Crippen molar-refractivity contribution in [2.24, 2.45) is 0 Å². The number of likely N-dealkylation sites (N-methyl/N-ethyl adjacent to an activating group) is 1. The third-order valence-electron chi connectivity index (χ3n) is 3.31. The SMILES string of the molecule is CCN(CC(=O)NCc1cccs1)C(=O)COc1cc(Cl)cc(Cl)c1. The highest BCUT2D eigenvalue weighted by molar-refractivity contribution is 7.09. The Labute approximate surface area is 160 Å². The second-order valence-electron chi connectivity index (χ2n) is 5.16. The molecule has 25 heavy (non-hydrogen) atoms. The van der Waals surface area contributed by atoms with Gasteiger partial charge in [-0.05, 0) is 36.6 Å². The van der Waals surface area contributed by atoms with Gasteiger partial charge in [0, 0.05) is 21.5 Å². The predicted molar refractivity (Wildman–Crippen MR) is 100 cm³/mol. The van der Waals surface area contributed by atoms with Crippen LogP contribution in [0.2, 0.25) is 10.0 Å². The molecule has 0 aliphatic heterocycles. The lowest BCUT2D eigenvalue weighted by molar-refractivity contribution is -0.137. The summed E-state index contributed by atoms with van der Waals surface area (Å²) in [5.41, 5.74) is 0. The highest BCUT2D eigenvalue weighted by Gasteiger charge is 2.16. The summed E-state index contributed by atoms with van der Waals surface area (Å²) in [7, 11) is 0. The molecule has 0 aliphatic carbocycles. The molecule has 0 atom stereocenters. The Bertz CT molecular complexity index is 702. The van der Waals surface area contributed by atoms with Gasteiger partial charge >= 0.3 is 0 Å². The second kappa shape index (κ2) is 9.65. The van der Waals surface area contributed by atoms with Crippen LogP contribution >= 0.6 is 34.5 Å². The fraction of sp³-hybridized carbons (Fsp3) is 0.294. The minimum absolute atomic E-state index is 0.0135. The quantitative estimate of drug-likeness (QED) is 0.736. The molecule has 134 valence electrons. The maximum absolute atomic E-state index is 12.2. The lowest BCUT2D eigenvalue weighted by Crippen LogP contribution is -2.42. The Morgan fingerprint density at radius 1 is 1.24 bits per heavy atom. The zero-order valence-electron chi connectivity index (χ0n) is 13.6. The van der Waals surface area contributed by atoms with Gasteiger partial charge in [-0.3, -0.25) is 9.59 Å². The molecule has 1 N–H and O–H groups in total. The summed E-state index contributed by atoms with van der Waals surface area (Å²) in [5.74, 6) is -0.0941. The van der Waals surface area contributed by atoms with Gasteiger partial charge in [0.1, 0.15) is 5.75 Å². The summed E-state index contributed by atoms with van der Waals surface area (Å²) >= 11 is 13.3. The smallest absolute Gasteiger partial charge is 0.260 e. The first-order valence-electron chi connectivity index (χ1n) is 7.63. The number of hydrogen-bond acceptors (Lipinski definition) is 4. The summed E-state index contributed by atoms with van der Waals surface area (Å²) < 4.78 is 5.42. The number of nitrogens with one attached hydrogen (secondary N) is 1. The number of rotatable bonds is 8. The van der Waals surface area contributed by atoms with Gasteiger partial charge in [0.05, 0.1) is 13.1 Å². The van der Waals surface area contributed by atoms with Gasteiger partial charge in [-0.1, -0.05) is 29.3 Å². The number of amides is 2. The van der Waals surface area contributed by atoms with E-state index in [0.29, 0.717) is 28.9 Å². The van der Waals surface area contributed by atoms with E-state index in [0.717, 1.165) is 4.88 Å². The number of ether oxygens (including phenoxy) is 1. The number of carbonyl (C=O) groups excluding carboxylic acids is 2. The molecule has 0 aliphatic rings. The molecule has 0 unspecified atom stereocenters. The molecule has 5 nitrogen and oxygen atoms in total. The largest absolute Gasteiger partial charge is 0.484 e. The van der Waals surface area contributed by atoms with Crippen molar-refractivity contribution in [1.29, 1.82) is 0 Å². The van der Waals surface area contributed by atoms with E-state index < -0.39 is 0 Å². The molecule has 0 radical (unpaired) electrons. The highest BCUT2D eigenvalue weighted by atomic mass is 35.5. The number of nitrogens with zero attached hydrogens (tertiary/aromatic N) is 1. The van der Waals surface area contributed by atoms with Crippen LogP contribution in [0.4, 0.5) is 0 Å². The van der Waals surface area contributed by atoms with Gasteiger partial charge in [0.15, 0.2) is 6.61 Å². The fourth-order valence-electron chi connectivity index (χ4n) is 2.05. The number of halogens is 2. The zero-order valence-corrected chi connectivity index (χ0v) is 16.0. The molecular weight excluding hydrogens is 383 g/mol. The van der Waals surface area contributed by atoms with E-state index in [-0.39, 0.29) is 25.0 Å². The molecule has 1 aromatic heterocycles. The van der Waals surface area contributed by atoms with Crippen LogP contribution in [-0.2, 0) is 16.1 Å². The molecule has 0 bridgehead atoms. The molecule has 0 spiro atoms. The molecule has 2 rings (SSSR count). The summed E-state index contributed by atoms with van der Waals surface area (Å²) in [6.07, 6.45) is 0. The van der Waals surface area contributed by atoms with Crippen molar-refractivity contribution in [1.82, 2.24) is 10.2 Å². The third kappa shape index (κ3) is 6.57. The zero-order chi connectivity index (χ0) is 18.2. The maximum Gasteiger partial charge on any atom is 0.260 e. The maximum atomic E-state index is 12.2. The normalized spacial score (nSPS) is 10.4. The molecule has 0 saturated heterocycles. The van der Waals surface area contributed by atoms with Crippen LogP contribution < -0.4 is 10.1 Å². The second-order valence-corrected chi connectivity index (χ2v) is 7.06. The van der Waals surface area contributed by atoms with Gasteiger partial charge in [0.25, 0.3) is 5.91 Å². The molecular formula is C17H18Cl2N2O3S. The van der Waals surface area contributed by atoms with E-state index in [2.05, 4.69) is 5.32 Å². The van der Waals surface area contributed by atoms with Crippen LogP contribution in [0.15, 0.2) is 35.7 Å². The van der Waals surface area contributed by atoms with E-state index in [1.807, 2.05) is 17.5 Å². The summed E-state index contributed by atoms with van der Waals surface area (Å²) in [6, 6.07) is 8.59. The van der Waals surface area contributed by atoms with Gasteiger partial charge < -0.3 is 15.0 Å². The lowest BCUT2D eigenvalue weighted by Gasteiger charge is -2.20. The Morgan fingerprint density at radius 2 is 1.96 bits per heavy atom. The van der Waals surface area contributed by atoms with Crippen LogP contribution in [0.25, 0.3) is 0 Å². The van der Waals surface area contributed by atoms with Gasteiger partial charge in [0.2, 0.25) is 5.91 Å². The van der Waals surface area contributed by atoms with E-state index in [1.165, 1.54) is 4.90 Å². The van der Waals surface area contributed by atoms with Crippen molar-refractivity contribution in [2.75, 3.05) is 19.7 Å². The van der Waals surface area contributed by atoms with Gasteiger partial charge in [-0.15, -0.1) is 11.3 Å². The molecule has 0 fully saturated rings. The Balaban J connectivity index is 1.82.